The summed E-state index contributed by atoms with van der Waals surface area (Å²) in [4.78, 5) is 17.0. The van der Waals surface area contributed by atoms with Crippen molar-refractivity contribution in [2.75, 3.05) is 19.0 Å². The van der Waals surface area contributed by atoms with E-state index in [1.54, 1.807) is 17.3 Å². The predicted molar refractivity (Wildman–Crippen MR) is 55.8 cm³/mol. The number of rotatable bonds is 3. The minimum absolute atomic E-state index is 0.214. The van der Waals surface area contributed by atoms with Crippen molar-refractivity contribution >= 4 is 17.7 Å². The second kappa shape index (κ2) is 4.49. The van der Waals surface area contributed by atoms with Gasteiger partial charge in [-0.2, -0.15) is 0 Å². The molecule has 0 radical (unpaired) electrons. The van der Waals surface area contributed by atoms with Crippen molar-refractivity contribution in [3.63, 3.8) is 0 Å². The fourth-order valence-corrected chi connectivity index (χ4v) is 1.74. The van der Waals surface area contributed by atoms with Gasteiger partial charge in [0.15, 0.2) is 0 Å². The van der Waals surface area contributed by atoms with Gasteiger partial charge in [-0.25, -0.2) is 4.79 Å². The second-order valence-electron chi connectivity index (χ2n) is 3.29. The molecule has 1 fully saturated rings. The van der Waals surface area contributed by atoms with Crippen molar-refractivity contribution in [2.24, 2.45) is 0 Å². The van der Waals surface area contributed by atoms with E-state index in [9.17, 15) is 4.79 Å². The Kier molecular flexibility index (Phi) is 3.06. The number of halogens is 1. The van der Waals surface area contributed by atoms with Crippen LogP contribution in [-0.4, -0.2) is 34.9 Å². The average molecular weight is 227 g/mol. The third-order valence-electron chi connectivity index (χ3n) is 2.30. The fraction of sp³-hybridized carbons (Fsp3) is 0.400. The monoisotopic (exact) mass is 226 g/mol. The number of aromatic nitrogens is 1. The number of alkyl halides is 1. The lowest BCUT2D eigenvalue weighted by Gasteiger charge is -2.09. The Balaban J connectivity index is 2.06. The zero-order chi connectivity index (χ0) is 10.7. The maximum atomic E-state index is 11.4. The van der Waals surface area contributed by atoms with Gasteiger partial charge in [0.2, 0.25) is 0 Å². The van der Waals surface area contributed by atoms with Crippen LogP contribution in [0.3, 0.4) is 0 Å². The Labute approximate surface area is 92.8 Å². The zero-order valence-electron chi connectivity index (χ0n) is 8.10. The summed E-state index contributed by atoms with van der Waals surface area (Å²) < 4.78 is 5.20. The molecule has 15 heavy (non-hydrogen) atoms. The fourth-order valence-electron chi connectivity index (χ4n) is 1.53. The highest BCUT2D eigenvalue weighted by atomic mass is 35.5. The number of pyridine rings is 1. The number of amides is 1. The zero-order valence-corrected chi connectivity index (χ0v) is 8.85. The molecule has 2 heterocycles. The van der Waals surface area contributed by atoms with E-state index >= 15 is 0 Å². The van der Waals surface area contributed by atoms with Gasteiger partial charge >= 0.3 is 6.09 Å². The molecule has 0 aliphatic carbocycles. The number of hydrogen-bond acceptors (Lipinski definition) is 3. The van der Waals surface area contributed by atoms with Crippen LogP contribution in [0.15, 0.2) is 24.5 Å². The minimum Gasteiger partial charge on any atom is -0.439 e. The Hall–Kier alpha value is -1.29. The maximum Gasteiger partial charge on any atom is 0.410 e. The molecule has 1 aromatic rings. The van der Waals surface area contributed by atoms with Gasteiger partial charge in [-0.1, -0.05) is 6.07 Å². The highest BCUT2D eigenvalue weighted by molar-refractivity contribution is 6.18. The van der Waals surface area contributed by atoms with Crippen molar-refractivity contribution in [3.8, 4) is 0 Å². The topological polar surface area (TPSA) is 42.4 Å². The first kappa shape index (κ1) is 10.2. The number of hydrogen-bond donors (Lipinski definition) is 0. The Morgan fingerprint density at radius 2 is 2.53 bits per heavy atom. The van der Waals surface area contributed by atoms with Crippen LogP contribution < -0.4 is 0 Å². The summed E-state index contributed by atoms with van der Waals surface area (Å²) in [6.45, 7) is 1.08. The van der Waals surface area contributed by atoms with Gasteiger partial charge in [0.1, 0.15) is 6.10 Å². The number of carbonyl (C=O) groups excluding carboxylic acids is 1. The molecule has 2 rings (SSSR count). The highest BCUT2D eigenvalue weighted by Crippen LogP contribution is 2.24. The molecule has 1 saturated heterocycles. The third-order valence-corrected chi connectivity index (χ3v) is 2.47. The quantitative estimate of drug-likeness (QED) is 0.739. The Bertz CT molecular complexity index is 345. The van der Waals surface area contributed by atoms with E-state index in [2.05, 4.69) is 4.98 Å². The molecular formula is C10H11ClN2O2. The molecular weight excluding hydrogens is 216 g/mol. The van der Waals surface area contributed by atoms with Crippen LogP contribution in [0, 0.1) is 0 Å². The van der Waals surface area contributed by atoms with Crippen LogP contribution in [0.5, 0.6) is 0 Å². The summed E-state index contributed by atoms with van der Waals surface area (Å²) in [6.07, 6.45) is 2.89. The summed E-state index contributed by atoms with van der Waals surface area (Å²) in [5.41, 5.74) is 0.919. The molecule has 1 aliphatic rings. The van der Waals surface area contributed by atoms with Crippen LogP contribution in [0.2, 0.25) is 0 Å². The SMILES string of the molecule is O=C1OC(c2cccnc2)CN1CCCl. The van der Waals surface area contributed by atoms with Crippen LogP contribution in [0.25, 0.3) is 0 Å². The van der Waals surface area contributed by atoms with Gasteiger partial charge in [-0.05, 0) is 6.07 Å². The molecule has 1 amide bonds. The van der Waals surface area contributed by atoms with Gasteiger partial charge in [-0.15, -0.1) is 11.6 Å². The molecule has 0 spiro atoms. The van der Waals surface area contributed by atoms with E-state index in [-0.39, 0.29) is 12.2 Å². The lowest BCUT2D eigenvalue weighted by Crippen LogP contribution is -2.26. The van der Waals surface area contributed by atoms with Crippen molar-refractivity contribution < 1.29 is 9.53 Å². The largest absolute Gasteiger partial charge is 0.439 e. The van der Waals surface area contributed by atoms with Crippen LogP contribution in [-0.2, 0) is 4.74 Å². The van der Waals surface area contributed by atoms with Crippen LogP contribution in [0.1, 0.15) is 11.7 Å². The van der Waals surface area contributed by atoms with Gasteiger partial charge < -0.3 is 9.64 Å². The predicted octanol–water partition coefficient (Wildman–Crippen LogP) is 1.81. The number of ether oxygens (including phenoxy) is 1. The summed E-state index contributed by atoms with van der Waals surface area (Å²) in [7, 11) is 0. The smallest absolute Gasteiger partial charge is 0.410 e. The molecule has 1 unspecified atom stereocenters. The number of nitrogens with zero attached hydrogens (tertiary/aromatic N) is 2. The maximum absolute atomic E-state index is 11.4. The van der Waals surface area contributed by atoms with Gasteiger partial charge in [0.05, 0.1) is 6.54 Å². The van der Waals surface area contributed by atoms with Crippen LogP contribution in [0.4, 0.5) is 4.79 Å². The normalized spacial score (nSPS) is 20.5. The highest BCUT2D eigenvalue weighted by Gasteiger charge is 2.31. The van der Waals surface area contributed by atoms with Gasteiger partial charge in [0, 0.05) is 30.4 Å². The Morgan fingerprint density at radius 3 is 3.20 bits per heavy atom. The van der Waals surface area contributed by atoms with E-state index in [0.717, 1.165) is 5.56 Å². The van der Waals surface area contributed by atoms with Gasteiger partial charge in [-0.3, -0.25) is 4.98 Å². The molecule has 0 bridgehead atoms. The summed E-state index contributed by atoms with van der Waals surface area (Å²) in [5.74, 6) is 0.425. The molecule has 0 N–H and O–H groups in total. The van der Waals surface area contributed by atoms with Crippen molar-refractivity contribution in [2.45, 2.75) is 6.10 Å². The molecule has 0 saturated carbocycles. The van der Waals surface area contributed by atoms with Gasteiger partial charge in [0.25, 0.3) is 0 Å². The summed E-state index contributed by atoms with van der Waals surface area (Å²) >= 11 is 5.58. The average Bonchev–Trinajstić information content (AvgIpc) is 2.63. The van der Waals surface area contributed by atoms with E-state index in [1.807, 2.05) is 12.1 Å². The number of cyclic esters (lactones) is 1. The van der Waals surface area contributed by atoms with E-state index < -0.39 is 0 Å². The van der Waals surface area contributed by atoms with Crippen molar-refractivity contribution in [3.05, 3.63) is 30.1 Å². The number of carbonyl (C=O) groups is 1. The third kappa shape index (κ3) is 2.21. The molecule has 1 atom stereocenters. The van der Waals surface area contributed by atoms with Crippen LogP contribution >= 0.6 is 11.6 Å². The molecule has 1 aliphatic heterocycles. The second-order valence-corrected chi connectivity index (χ2v) is 3.67. The van der Waals surface area contributed by atoms with E-state index in [4.69, 9.17) is 16.3 Å². The van der Waals surface area contributed by atoms with Crippen molar-refractivity contribution in [1.82, 2.24) is 9.88 Å². The van der Waals surface area contributed by atoms with Crippen molar-refractivity contribution in [1.29, 1.82) is 0 Å². The first-order valence-electron chi connectivity index (χ1n) is 4.72. The molecule has 0 aromatic carbocycles. The molecule has 80 valence electrons. The van der Waals surface area contributed by atoms with E-state index in [1.165, 1.54) is 0 Å². The Morgan fingerprint density at radius 1 is 1.67 bits per heavy atom. The standard InChI is InChI=1S/C10H11ClN2O2/c11-3-5-13-7-9(15-10(13)14)8-2-1-4-12-6-8/h1-2,4,6,9H,3,5,7H2. The minimum atomic E-state index is -0.301. The molecule has 1 aromatic heterocycles. The molecule has 5 heteroatoms. The molecule has 4 nitrogen and oxygen atoms in total. The lowest BCUT2D eigenvalue weighted by molar-refractivity contribution is 0.133. The summed E-state index contributed by atoms with van der Waals surface area (Å²) in [5, 5.41) is 0. The van der Waals surface area contributed by atoms with E-state index in [0.29, 0.717) is 19.0 Å². The lowest BCUT2D eigenvalue weighted by atomic mass is 10.2. The first-order valence-corrected chi connectivity index (χ1v) is 5.26. The first-order chi connectivity index (χ1) is 7.31. The summed E-state index contributed by atoms with van der Waals surface area (Å²) in [6, 6.07) is 3.72.